The van der Waals surface area contributed by atoms with Crippen molar-refractivity contribution in [2.75, 3.05) is 0 Å². The van der Waals surface area contributed by atoms with Crippen molar-refractivity contribution in [2.24, 2.45) is 0 Å². The van der Waals surface area contributed by atoms with Crippen LogP contribution in [0, 0.1) is 13.8 Å². The third-order valence-electron chi connectivity index (χ3n) is 3.61. The Kier molecular flexibility index (Phi) is 5.20. The maximum absolute atomic E-state index is 13.4. The molecule has 0 aliphatic carbocycles. The summed E-state index contributed by atoms with van der Waals surface area (Å²) in [5.41, 5.74) is 2.86. The molecule has 4 nitrogen and oxygen atoms in total. The van der Waals surface area contributed by atoms with Gasteiger partial charge in [-0.05, 0) is 50.2 Å². The lowest BCUT2D eigenvalue weighted by molar-refractivity contribution is 0.384. The summed E-state index contributed by atoms with van der Waals surface area (Å²) in [5, 5.41) is 0. The van der Waals surface area contributed by atoms with Crippen molar-refractivity contribution >= 4 is 7.60 Å². The van der Waals surface area contributed by atoms with Crippen molar-refractivity contribution in [1.82, 2.24) is 4.98 Å². The van der Waals surface area contributed by atoms with Crippen LogP contribution < -0.4 is 9.05 Å². The predicted octanol–water partition coefficient (Wildman–Crippen LogP) is 5.55. The lowest BCUT2D eigenvalue weighted by Crippen LogP contribution is -2.05. The van der Waals surface area contributed by atoms with Gasteiger partial charge in [-0.2, -0.15) is 0 Å². The van der Waals surface area contributed by atoms with E-state index in [1.165, 1.54) is 0 Å². The highest BCUT2D eigenvalue weighted by molar-refractivity contribution is 7.53. The number of aryl methyl sites for hydroxylation is 2. The normalized spacial score (nSPS) is 11.1. The molecular formula is C20H20NO3P. The minimum absolute atomic E-state index is 0.0929. The van der Waals surface area contributed by atoms with Crippen molar-refractivity contribution in [3.63, 3.8) is 0 Å². The standard InChI is InChI=1S/C20H20NO3P/c1-16-6-10-19(11-7-16)23-25(22,15-18-5-3-4-14-21-18)24-20-12-8-17(2)9-13-20/h3-14H,15H2,1-2H3. The topological polar surface area (TPSA) is 48.4 Å². The number of aromatic nitrogens is 1. The van der Waals surface area contributed by atoms with E-state index in [-0.39, 0.29) is 6.16 Å². The minimum Gasteiger partial charge on any atom is -0.416 e. The Bertz CT molecular complexity index is 810. The van der Waals surface area contributed by atoms with Gasteiger partial charge >= 0.3 is 7.60 Å². The van der Waals surface area contributed by atoms with Gasteiger partial charge in [-0.25, -0.2) is 4.57 Å². The summed E-state index contributed by atoms with van der Waals surface area (Å²) < 4.78 is 25.0. The van der Waals surface area contributed by atoms with E-state index in [4.69, 9.17) is 9.05 Å². The van der Waals surface area contributed by atoms with Gasteiger partial charge in [-0.1, -0.05) is 41.5 Å². The summed E-state index contributed by atoms with van der Waals surface area (Å²) in [6, 6.07) is 20.3. The van der Waals surface area contributed by atoms with Gasteiger partial charge in [0.15, 0.2) is 0 Å². The highest BCUT2D eigenvalue weighted by Crippen LogP contribution is 2.51. The van der Waals surface area contributed by atoms with Crippen molar-refractivity contribution in [3.05, 3.63) is 89.7 Å². The van der Waals surface area contributed by atoms with E-state index in [2.05, 4.69) is 4.98 Å². The summed E-state index contributed by atoms with van der Waals surface area (Å²) in [6.07, 6.45) is 1.76. The fourth-order valence-corrected chi connectivity index (χ4v) is 3.93. The van der Waals surface area contributed by atoms with E-state index >= 15 is 0 Å². The van der Waals surface area contributed by atoms with Crippen LogP contribution in [-0.2, 0) is 10.7 Å². The molecule has 2 aromatic carbocycles. The molecule has 0 amide bonds. The van der Waals surface area contributed by atoms with Gasteiger partial charge < -0.3 is 9.05 Å². The first-order chi connectivity index (χ1) is 12.0. The smallest absolute Gasteiger partial charge is 0.416 e. The first kappa shape index (κ1) is 17.2. The zero-order valence-corrected chi connectivity index (χ0v) is 15.1. The molecule has 25 heavy (non-hydrogen) atoms. The molecule has 0 fully saturated rings. The van der Waals surface area contributed by atoms with Gasteiger partial charge in [0.1, 0.15) is 17.7 Å². The first-order valence-electron chi connectivity index (χ1n) is 8.04. The molecule has 0 N–H and O–H groups in total. The largest absolute Gasteiger partial charge is 0.436 e. The fraction of sp³-hybridized carbons (Fsp3) is 0.150. The van der Waals surface area contributed by atoms with Gasteiger partial charge in [0, 0.05) is 6.20 Å². The summed E-state index contributed by atoms with van der Waals surface area (Å²) in [5.74, 6) is 1.02. The summed E-state index contributed by atoms with van der Waals surface area (Å²) in [6.45, 7) is 3.97. The molecule has 5 heteroatoms. The number of benzene rings is 2. The highest BCUT2D eigenvalue weighted by Gasteiger charge is 2.29. The monoisotopic (exact) mass is 353 g/mol. The molecule has 3 rings (SSSR count). The maximum Gasteiger partial charge on any atom is 0.436 e. The fourth-order valence-electron chi connectivity index (χ4n) is 2.29. The number of pyridine rings is 1. The zero-order valence-electron chi connectivity index (χ0n) is 14.3. The second kappa shape index (κ2) is 7.54. The second-order valence-corrected chi connectivity index (χ2v) is 7.80. The molecule has 128 valence electrons. The third kappa shape index (κ3) is 4.94. The van der Waals surface area contributed by atoms with Gasteiger partial charge in [-0.15, -0.1) is 0 Å². The molecular weight excluding hydrogens is 333 g/mol. The van der Waals surface area contributed by atoms with Crippen molar-refractivity contribution in [2.45, 2.75) is 20.0 Å². The molecule has 3 aromatic rings. The lowest BCUT2D eigenvalue weighted by Gasteiger charge is -2.20. The van der Waals surface area contributed by atoms with Gasteiger partial charge in [0.2, 0.25) is 0 Å². The van der Waals surface area contributed by atoms with E-state index in [0.717, 1.165) is 11.1 Å². The molecule has 0 spiro atoms. The zero-order chi connectivity index (χ0) is 17.7. The lowest BCUT2D eigenvalue weighted by atomic mass is 10.2. The molecule has 0 bridgehead atoms. The van der Waals surface area contributed by atoms with Crippen LogP contribution >= 0.6 is 7.60 Å². The SMILES string of the molecule is Cc1ccc(OP(=O)(Cc2ccccn2)Oc2ccc(C)cc2)cc1. The molecule has 0 radical (unpaired) electrons. The quantitative estimate of drug-likeness (QED) is 0.545. The first-order valence-corrected chi connectivity index (χ1v) is 9.77. The van der Waals surface area contributed by atoms with Crippen LogP contribution in [0.5, 0.6) is 11.5 Å². The number of hydrogen-bond acceptors (Lipinski definition) is 4. The van der Waals surface area contributed by atoms with Crippen LogP contribution in [0.1, 0.15) is 16.8 Å². The predicted molar refractivity (Wildman–Crippen MR) is 99.2 cm³/mol. The van der Waals surface area contributed by atoms with Crippen LogP contribution in [0.3, 0.4) is 0 Å². The minimum atomic E-state index is -3.48. The van der Waals surface area contributed by atoms with E-state index < -0.39 is 7.60 Å². The molecule has 0 atom stereocenters. The van der Waals surface area contributed by atoms with Crippen molar-refractivity contribution < 1.29 is 13.6 Å². The van der Waals surface area contributed by atoms with E-state index in [0.29, 0.717) is 17.2 Å². The number of rotatable bonds is 6. The van der Waals surface area contributed by atoms with Crippen molar-refractivity contribution in [3.8, 4) is 11.5 Å². The summed E-state index contributed by atoms with van der Waals surface area (Å²) >= 11 is 0. The van der Waals surface area contributed by atoms with Crippen LogP contribution in [0.25, 0.3) is 0 Å². The Hall–Kier alpha value is -2.58. The van der Waals surface area contributed by atoms with Gasteiger partial charge in [0.05, 0.1) is 5.69 Å². The van der Waals surface area contributed by atoms with Crippen LogP contribution in [0.15, 0.2) is 72.9 Å². The molecule has 1 aromatic heterocycles. The van der Waals surface area contributed by atoms with Gasteiger partial charge in [-0.3, -0.25) is 4.98 Å². The summed E-state index contributed by atoms with van der Waals surface area (Å²) in [4.78, 5) is 4.24. The Morgan fingerprint density at radius 3 is 1.76 bits per heavy atom. The molecule has 0 aliphatic rings. The Morgan fingerprint density at radius 1 is 0.800 bits per heavy atom. The van der Waals surface area contributed by atoms with E-state index in [1.807, 2.05) is 56.3 Å². The molecule has 0 saturated carbocycles. The molecule has 0 saturated heterocycles. The highest BCUT2D eigenvalue weighted by atomic mass is 31.2. The third-order valence-corrected chi connectivity index (χ3v) is 5.30. The van der Waals surface area contributed by atoms with Crippen molar-refractivity contribution in [1.29, 1.82) is 0 Å². The second-order valence-electron chi connectivity index (χ2n) is 5.90. The molecule has 0 unspecified atom stereocenters. The Balaban J connectivity index is 1.87. The molecule has 1 heterocycles. The van der Waals surface area contributed by atoms with Crippen LogP contribution in [0.2, 0.25) is 0 Å². The van der Waals surface area contributed by atoms with Crippen LogP contribution in [-0.4, -0.2) is 4.98 Å². The average molecular weight is 353 g/mol. The Labute approximate surface area is 148 Å². The average Bonchev–Trinajstić information content (AvgIpc) is 2.60. The molecule has 0 aliphatic heterocycles. The number of hydrogen-bond donors (Lipinski definition) is 0. The van der Waals surface area contributed by atoms with Gasteiger partial charge in [0.25, 0.3) is 0 Å². The maximum atomic E-state index is 13.4. The van der Waals surface area contributed by atoms with Crippen LogP contribution in [0.4, 0.5) is 0 Å². The van der Waals surface area contributed by atoms with E-state index in [1.54, 1.807) is 30.5 Å². The van der Waals surface area contributed by atoms with E-state index in [9.17, 15) is 4.57 Å². The number of nitrogens with zero attached hydrogens (tertiary/aromatic N) is 1. The summed E-state index contributed by atoms with van der Waals surface area (Å²) in [7, 11) is -3.48. The Morgan fingerprint density at radius 2 is 1.32 bits per heavy atom.